The lowest BCUT2D eigenvalue weighted by molar-refractivity contribution is 0.0973. The van der Waals surface area contributed by atoms with Gasteiger partial charge < -0.3 is 19.7 Å². The van der Waals surface area contributed by atoms with Crippen LogP contribution in [-0.4, -0.2) is 36.0 Å². The molecule has 0 aliphatic heterocycles. The topological polar surface area (TPSA) is 93.1 Å². The molecule has 112 valence electrons. The van der Waals surface area contributed by atoms with E-state index in [0.717, 1.165) is 0 Å². The fourth-order valence-electron chi connectivity index (χ4n) is 2.62. The Bertz CT molecular complexity index is 822. The summed E-state index contributed by atoms with van der Waals surface area (Å²) in [6.45, 7) is 0. The third-order valence-corrected chi connectivity index (χ3v) is 3.65. The van der Waals surface area contributed by atoms with Gasteiger partial charge in [0.15, 0.2) is 34.6 Å². The number of ether oxygens (including phenoxy) is 2. The zero-order valence-electron chi connectivity index (χ0n) is 11.8. The maximum absolute atomic E-state index is 12.6. The van der Waals surface area contributed by atoms with E-state index in [1.165, 1.54) is 38.5 Å². The van der Waals surface area contributed by atoms with Crippen molar-refractivity contribution in [3.63, 3.8) is 0 Å². The molecule has 0 aromatic heterocycles. The highest BCUT2D eigenvalue weighted by atomic mass is 16.5. The van der Waals surface area contributed by atoms with Crippen LogP contribution in [0.25, 0.3) is 0 Å². The van der Waals surface area contributed by atoms with Crippen LogP contribution >= 0.6 is 0 Å². The van der Waals surface area contributed by atoms with Crippen molar-refractivity contribution < 1.29 is 29.3 Å². The fraction of sp³-hybridized carbons (Fsp3) is 0.125. The van der Waals surface area contributed by atoms with Crippen LogP contribution in [0.4, 0.5) is 0 Å². The van der Waals surface area contributed by atoms with Gasteiger partial charge in [-0.25, -0.2) is 0 Å². The number of carbonyl (C=O) groups excluding carboxylic acids is 2. The van der Waals surface area contributed by atoms with Crippen molar-refractivity contribution in [2.24, 2.45) is 0 Å². The summed E-state index contributed by atoms with van der Waals surface area (Å²) >= 11 is 0. The van der Waals surface area contributed by atoms with E-state index < -0.39 is 11.6 Å². The molecule has 3 rings (SSSR count). The predicted octanol–water partition coefficient (Wildman–Crippen LogP) is 1.89. The first kappa shape index (κ1) is 13.9. The van der Waals surface area contributed by atoms with Crippen LogP contribution in [0.1, 0.15) is 31.8 Å². The van der Waals surface area contributed by atoms with Gasteiger partial charge >= 0.3 is 0 Å². The highest BCUT2D eigenvalue weighted by Crippen LogP contribution is 2.43. The van der Waals surface area contributed by atoms with Gasteiger partial charge in [0.05, 0.1) is 25.3 Å². The van der Waals surface area contributed by atoms with Crippen LogP contribution in [0.15, 0.2) is 24.3 Å². The second-order valence-corrected chi connectivity index (χ2v) is 4.74. The lowest BCUT2D eigenvalue weighted by Crippen LogP contribution is -2.22. The third kappa shape index (κ3) is 1.67. The molecule has 2 aromatic carbocycles. The predicted molar refractivity (Wildman–Crippen MR) is 76.2 cm³/mol. The Kier molecular flexibility index (Phi) is 3.02. The zero-order chi connectivity index (χ0) is 16.0. The van der Waals surface area contributed by atoms with Crippen LogP contribution in [0.2, 0.25) is 0 Å². The van der Waals surface area contributed by atoms with Gasteiger partial charge in [0.1, 0.15) is 0 Å². The van der Waals surface area contributed by atoms with Crippen molar-refractivity contribution in [3.8, 4) is 23.0 Å². The number of hydrogen-bond donors (Lipinski definition) is 2. The smallest absolute Gasteiger partial charge is 0.198 e. The van der Waals surface area contributed by atoms with Crippen molar-refractivity contribution >= 4 is 11.6 Å². The highest BCUT2D eigenvalue weighted by Gasteiger charge is 2.36. The van der Waals surface area contributed by atoms with Crippen molar-refractivity contribution in [2.75, 3.05) is 14.2 Å². The van der Waals surface area contributed by atoms with Gasteiger partial charge in [0.25, 0.3) is 0 Å². The monoisotopic (exact) mass is 300 g/mol. The molecule has 2 N–H and O–H groups in total. The zero-order valence-corrected chi connectivity index (χ0v) is 11.8. The molecule has 22 heavy (non-hydrogen) atoms. The molecule has 6 heteroatoms. The minimum absolute atomic E-state index is 0.00966. The third-order valence-electron chi connectivity index (χ3n) is 3.65. The molecule has 0 heterocycles. The Hall–Kier alpha value is -3.02. The quantitative estimate of drug-likeness (QED) is 0.750. The summed E-state index contributed by atoms with van der Waals surface area (Å²) < 4.78 is 10.0. The average molecular weight is 300 g/mol. The van der Waals surface area contributed by atoms with Gasteiger partial charge in [-0.05, 0) is 24.3 Å². The summed E-state index contributed by atoms with van der Waals surface area (Å²) in [7, 11) is 2.65. The van der Waals surface area contributed by atoms with E-state index in [0.29, 0.717) is 0 Å². The van der Waals surface area contributed by atoms with Crippen LogP contribution < -0.4 is 9.47 Å². The minimum Gasteiger partial charge on any atom is -0.504 e. The summed E-state index contributed by atoms with van der Waals surface area (Å²) in [5, 5.41) is 19.9. The summed E-state index contributed by atoms with van der Waals surface area (Å²) in [6.07, 6.45) is 0. The number of methoxy groups -OCH3 is 2. The molecule has 0 saturated heterocycles. The van der Waals surface area contributed by atoms with E-state index in [2.05, 4.69) is 0 Å². The first-order valence-electron chi connectivity index (χ1n) is 6.40. The molecule has 0 radical (unpaired) electrons. The molecule has 0 atom stereocenters. The molecule has 0 unspecified atom stereocenters. The second kappa shape index (κ2) is 4.77. The largest absolute Gasteiger partial charge is 0.504 e. The number of phenols is 2. The molecule has 1 aliphatic rings. The summed E-state index contributed by atoms with van der Waals surface area (Å²) in [5.74, 6) is -1.60. The Labute approximate surface area is 125 Å². The molecular weight excluding hydrogens is 288 g/mol. The fourth-order valence-corrected chi connectivity index (χ4v) is 2.62. The molecule has 2 aromatic rings. The number of aromatic hydroxyl groups is 2. The Morgan fingerprint density at radius 2 is 1.41 bits per heavy atom. The van der Waals surface area contributed by atoms with E-state index in [4.69, 9.17) is 9.47 Å². The summed E-state index contributed by atoms with van der Waals surface area (Å²) in [4.78, 5) is 25.3. The number of phenolic OH excluding ortho intramolecular Hbond substituents is 2. The maximum atomic E-state index is 12.6. The molecule has 0 spiro atoms. The first-order chi connectivity index (χ1) is 10.5. The lowest BCUT2D eigenvalue weighted by Gasteiger charge is -2.21. The molecule has 1 aliphatic carbocycles. The minimum atomic E-state index is -0.528. The van der Waals surface area contributed by atoms with E-state index in [1.807, 2.05) is 0 Å². The van der Waals surface area contributed by atoms with Crippen molar-refractivity contribution in [3.05, 3.63) is 46.5 Å². The normalized spacial score (nSPS) is 12.6. The Balaban J connectivity index is 2.35. The van der Waals surface area contributed by atoms with Gasteiger partial charge in [-0.3, -0.25) is 9.59 Å². The molecule has 6 nitrogen and oxygen atoms in total. The number of carbonyl (C=O) groups is 2. The van der Waals surface area contributed by atoms with Gasteiger partial charge in [0, 0.05) is 11.1 Å². The van der Waals surface area contributed by atoms with E-state index in [1.54, 1.807) is 0 Å². The van der Waals surface area contributed by atoms with Gasteiger partial charge in [0.2, 0.25) is 0 Å². The van der Waals surface area contributed by atoms with Crippen molar-refractivity contribution in [2.45, 2.75) is 0 Å². The van der Waals surface area contributed by atoms with Gasteiger partial charge in [-0.1, -0.05) is 0 Å². The van der Waals surface area contributed by atoms with Crippen LogP contribution in [0, 0.1) is 0 Å². The number of rotatable bonds is 2. The molecule has 0 fully saturated rings. The maximum Gasteiger partial charge on any atom is 0.198 e. The Morgan fingerprint density at radius 1 is 0.818 bits per heavy atom. The SMILES string of the molecule is COc1ccc2c(c1O)C(=O)c1ccc(O)c(OC)c1C2=O. The summed E-state index contributed by atoms with van der Waals surface area (Å²) in [5.41, 5.74) is -0.00966. The Morgan fingerprint density at radius 3 is 2.05 bits per heavy atom. The molecule has 0 amide bonds. The standard InChI is InChI=1S/C16H12O6/c1-21-10-6-4-7-11(15(10)20)13(18)8-3-5-9(17)16(22-2)12(8)14(7)19/h3-6,17,20H,1-2H3. The van der Waals surface area contributed by atoms with Crippen LogP contribution in [0.3, 0.4) is 0 Å². The van der Waals surface area contributed by atoms with E-state index in [9.17, 15) is 19.8 Å². The highest BCUT2D eigenvalue weighted by molar-refractivity contribution is 6.30. The molecule has 0 bridgehead atoms. The van der Waals surface area contributed by atoms with Gasteiger partial charge in [-0.2, -0.15) is 0 Å². The van der Waals surface area contributed by atoms with Gasteiger partial charge in [-0.15, -0.1) is 0 Å². The summed E-state index contributed by atoms with van der Waals surface area (Å²) in [6, 6.07) is 5.40. The second-order valence-electron chi connectivity index (χ2n) is 4.74. The number of benzene rings is 2. The van der Waals surface area contributed by atoms with E-state index >= 15 is 0 Å². The number of ketones is 2. The molecule has 0 saturated carbocycles. The number of hydrogen-bond acceptors (Lipinski definition) is 6. The van der Waals surface area contributed by atoms with Crippen molar-refractivity contribution in [1.82, 2.24) is 0 Å². The van der Waals surface area contributed by atoms with E-state index in [-0.39, 0.29) is 45.3 Å². The van der Waals surface area contributed by atoms with Crippen LogP contribution in [0.5, 0.6) is 23.0 Å². The van der Waals surface area contributed by atoms with Crippen molar-refractivity contribution in [1.29, 1.82) is 0 Å². The number of fused-ring (bicyclic) bond motifs is 2. The van der Waals surface area contributed by atoms with Crippen LogP contribution in [-0.2, 0) is 0 Å². The lowest BCUT2D eigenvalue weighted by atomic mass is 9.82. The first-order valence-corrected chi connectivity index (χ1v) is 6.40. The molecular formula is C16H12O6. The average Bonchev–Trinajstić information content (AvgIpc) is 2.52.